The summed E-state index contributed by atoms with van der Waals surface area (Å²) in [5.41, 5.74) is 2.30. The molecule has 4 nitrogen and oxygen atoms in total. The van der Waals surface area contributed by atoms with E-state index in [0.29, 0.717) is 11.8 Å². The Hall–Kier alpha value is -2.80. The van der Waals surface area contributed by atoms with Crippen LogP contribution in [0.25, 0.3) is 11.3 Å². The Bertz CT molecular complexity index is 912. The van der Waals surface area contributed by atoms with Crippen LogP contribution in [0.4, 0.5) is 14.5 Å². The van der Waals surface area contributed by atoms with E-state index in [1.807, 2.05) is 18.4 Å². The maximum absolute atomic E-state index is 13.5. The number of anilines is 1. The lowest BCUT2D eigenvalue weighted by Crippen LogP contribution is -2.20. The molecule has 3 aromatic rings. The summed E-state index contributed by atoms with van der Waals surface area (Å²) in [6, 6.07) is 10.1. The van der Waals surface area contributed by atoms with Crippen molar-refractivity contribution in [2.24, 2.45) is 0 Å². The molecular weight excluding hydrogens is 346 g/mol. The van der Waals surface area contributed by atoms with Crippen LogP contribution in [0.1, 0.15) is 5.01 Å². The van der Waals surface area contributed by atoms with Gasteiger partial charge in [0.2, 0.25) is 0 Å². The second kappa shape index (κ2) is 7.40. The highest BCUT2D eigenvalue weighted by Crippen LogP contribution is 2.24. The van der Waals surface area contributed by atoms with Crippen LogP contribution in [0.15, 0.2) is 47.8 Å². The molecule has 0 fully saturated rings. The van der Waals surface area contributed by atoms with E-state index in [1.165, 1.54) is 0 Å². The molecule has 7 heteroatoms. The van der Waals surface area contributed by atoms with E-state index in [0.717, 1.165) is 28.4 Å². The Morgan fingerprint density at radius 2 is 2.08 bits per heavy atom. The van der Waals surface area contributed by atoms with Crippen LogP contribution in [0.3, 0.4) is 0 Å². The fourth-order valence-electron chi connectivity index (χ4n) is 2.18. The predicted molar refractivity (Wildman–Crippen MR) is 92.8 cm³/mol. The highest BCUT2D eigenvalue weighted by atomic mass is 32.1. The highest BCUT2D eigenvalue weighted by Gasteiger charge is 2.09. The zero-order valence-corrected chi connectivity index (χ0v) is 14.1. The van der Waals surface area contributed by atoms with Gasteiger partial charge in [0.25, 0.3) is 5.91 Å². The van der Waals surface area contributed by atoms with Gasteiger partial charge < -0.3 is 10.1 Å². The van der Waals surface area contributed by atoms with Crippen molar-refractivity contribution in [3.63, 3.8) is 0 Å². The standard InChI is InChI=1S/C18H14F2N2O2S/c1-11-21-16(10-25-11)12-3-2-4-14(7-12)22-18(23)9-24-17-6-5-13(19)8-15(17)20/h2-8,10H,9H2,1H3,(H,22,23). The third-order valence-corrected chi connectivity index (χ3v) is 4.09. The number of aromatic nitrogens is 1. The molecule has 0 saturated carbocycles. The zero-order chi connectivity index (χ0) is 17.8. The third kappa shape index (κ3) is 4.39. The van der Waals surface area contributed by atoms with Gasteiger partial charge in [-0.3, -0.25) is 4.79 Å². The van der Waals surface area contributed by atoms with E-state index in [2.05, 4.69) is 10.3 Å². The van der Waals surface area contributed by atoms with Crippen LogP contribution < -0.4 is 10.1 Å². The summed E-state index contributed by atoms with van der Waals surface area (Å²) in [7, 11) is 0. The minimum Gasteiger partial charge on any atom is -0.481 e. The number of carbonyl (C=O) groups excluding carboxylic acids is 1. The monoisotopic (exact) mass is 360 g/mol. The first-order chi connectivity index (χ1) is 12.0. The van der Waals surface area contributed by atoms with Crippen LogP contribution in [0.2, 0.25) is 0 Å². The second-order valence-corrected chi connectivity index (χ2v) is 6.31. The second-order valence-electron chi connectivity index (χ2n) is 5.24. The minimum atomic E-state index is -0.853. The van der Waals surface area contributed by atoms with E-state index in [-0.39, 0.29) is 12.4 Å². The van der Waals surface area contributed by atoms with Gasteiger partial charge in [0, 0.05) is 22.7 Å². The Kier molecular flexibility index (Phi) is 5.04. The first-order valence-corrected chi connectivity index (χ1v) is 8.29. The van der Waals surface area contributed by atoms with Gasteiger partial charge >= 0.3 is 0 Å². The number of rotatable bonds is 5. The molecule has 1 aromatic heterocycles. The molecule has 0 bridgehead atoms. The van der Waals surface area contributed by atoms with Gasteiger partial charge in [-0.25, -0.2) is 13.8 Å². The number of benzene rings is 2. The molecule has 1 amide bonds. The number of hydrogen-bond donors (Lipinski definition) is 1. The summed E-state index contributed by atoms with van der Waals surface area (Å²) in [5.74, 6) is -2.18. The molecule has 3 rings (SSSR count). The van der Waals surface area contributed by atoms with E-state index in [1.54, 1.807) is 29.5 Å². The number of aryl methyl sites for hydroxylation is 1. The Labute approximate surface area is 147 Å². The Morgan fingerprint density at radius 3 is 2.80 bits per heavy atom. The molecule has 128 valence electrons. The van der Waals surface area contributed by atoms with E-state index in [4.69, 9.17) is 4.74 Å². The quantitative estimate of drug-likeness (QED) is 0.733. The van der Waals surface area contributed by atoms with Crippen molar-refractivity contribution >= 4 is 22.9 Å². The van der Waals surface area contributed by atoms with Gasteiger partial charge in [0.05, 0.1) is 10.7 Å². The number of nitrogens with zero attached hydrogens (tertiary/aromatic N) is 1. The number of thiazole rings is 1. The maximum Gasteiger partial charge on any atom is 0.262 e. The summed E-state index contributed by atoms with van der Waals surface area (Å²) in [4.78, 5) is 16.4. The Balaban J connectivity index is 1.63. The molecule has 0 spiro atoms. The van der Waals surface area contributed by atoms with E-state index < -0.39 is 17.5 Å². The summed E-state index contributed by atoms with van der Waals surface area (Å²) in [6.07, 6.45) is 0. The molecule has 2 aromatic carbocycles. The lowest BCUT2D eigenvalue weighted by atomic mass is 10.1. The molecule has 0 atom stereocenters. The van der Waals surface area contributed by atoms with Crippen LogP contribution in [0, 0.1) is 18.6 Å². The minimum absolute atomic E-state index is 0.178. The predicted octanol–water partition coefficient (Wildman–Crippen LogP) is 4.41. The SMILES string of the molecule is Cc1nc(-c2cccc(NC(=O)COc3ccc(F)cc3F)c2)cs1. The van der Waals surface area contributed by atoms with Crippen molar-refractivity contribution in [1.29, 1.82) is 0 Å². The first kappa shape index (κ1) is 17.0. The molecule has 25 heavy (non-hydrogen) atoms. The van der Waals surface area contributed by atoms with Crippen LogP contribution in [-0.2, 0) is 4.79 Å². The van der Waals surface area contributed by atoms with Gasteiger partial charge in [-0.05, 0) is 31.2 Å². The summed E-state index contributed by atoms with van der Waals surface area (Å²) in [5, 5.41) is 5.57. The fourth-order valence-corrected chi connectivity index (χ4v) is 2.81. The molecule has 0 aliphatic heterocycles. The average molecular weight is 360 g/mol. The maximum atomic E-state index is 13.5. The fraction of sp³-hybridized carbons (Fsp3) is 0.111. The lowest BCUT2D eigenvalue weighted by Gasteiger charge is -2.09. The van der Waals surface area contributed by atoms with Gasteiger partial charge in [-0.1, -0.05) is 12.1 Å². The van der Waals surface area contributed by atoms with Gasteiger partial charge in [0.15, 0.2) is 18.2 Å². The molecule has 0 aliphatic rings. The topological polar surface area (TPSA) is 51.2 Å². The van der Waals surface area contributed by atoms with Crippen molar-refractivity contribution in [3.8, 4) is 17.0 Å². The average Bonchev–Trinajstić information content (AvgIpc) is 3.01. The molecule has 0 radical (unpaired) electrons. The van der Waals surface area contributed by atoms with Gasteiger partial charge in [0.1, 0.15) is 5.82 Å². The largest absolute Gasteiger partial charge is 0.481 e. The number of hydrogen-bond acceptors (Lipinski definition) is 4. The lowest BCUT2D eigenvalue weighted by molar-refractivity contribution is -0.118. The number of amides is 1. The molecule has 1 N–H and O–H groups in total. The number of carbonyl (C=O) groups is 1. The number of ether oxygens (including phenoxy) is 1. The molecule has 1 heterocycles. The molecule has 0 aliphatic carbocycles. The van der Waals surface area contributed by atoms with Crippen LogP contribution in [0.5, 0.6) is 5.75 Å². The van der Waals surface area contributed by atoms with Gasteiger partial charge in [-0.2, -0.15) is 0 Å². The van der Waals surface area contributed by atoms with E-state index >= 15 is 0 Å². The summed E-state index contributed by atoms with van der Waals surface area (Å²) in [6.45, 7) is 1.54. The van der Waals surface area contributed by atoms with Crippen molar-refractivity contribution in [2.45, 2.75) is 6.92 Å². The summed E-state index contributed by atoms with van der Waals surface area (Å²) < 4.78 is 31.4. The van der Waals surface area contributed by atoms with Crippen LogP contribution in [-0.4, -0.2) is 17.5 Å². The highest BCUT2D eigenvalue weighted by molar-refractivity contribution is 7.09. The number of halogens is 2. The third-order valence-electron chi connectivity index (χ3n) is 3.31. The Morgan fingerprint density at radius 1 is 1.24 bits per heavy atom. The smallest absolute Gasteiger partial charge is 0.262 e. The van der Waals surface area contributed by atoms with Crippen molar-refractivity contribution in [3.05, 3.63) is 64.5 Å². The van der Waals surface area contributed by atoms with Crippen LogP contribution >= 0.6 is 11.3 Å². The van der Waals surface area contributed by atoms with Crippen molar-refractivity contribution in [1.82, 2.24) is 4.98 Å². The van der Waals surface area contributed by atoms with E-state index in [9.17, 15) is 13.6 Å². The van der Waals surface area contributed by atoms with Gasteiger partial charge in [-0.15, -0.1) is 11.3 Å². The summed E-state index contributed by atoms with van der Waals surface area (Å²) >= 11 is 1.55. The number of nitrogens with one attached hydrogen (secondary N) is 1. The normalized spacial score (nSPS) is 10.5. The first-order valence-electron chi connectivity index (χ1n) is 7.41. The van der Waals surface area contributed by atoms with Crippen molar-refractivity contribution < 1.29 is 18.3 Å². The zero-order valence-electron chi connectivity index (χ0n) is 13.3. The molecular formula is C18H14F2N2O2S. The van der Waals surface area contributed by atoms with Crippen molar-refractivity contribution in [2.75, 3.05) is 11.9 Å². The molecule has 0 saturated heterocycles. The molecule has 0 unspecified atom stereocenters.